The van der Waals surface area contributed by atoms with Gasteiger partial charge in [0.1, 0.15) is 0 Å². The van der Waals surface area contributed by atoms with Gasteiger partial charge in [-0.2, -0.15) is 0 Å². The van der Waals surface area contributed by atoms with E-state index in [9.17, 15) is 13.2 Å². The van der Waals surface area contributed by atoms with Crippen molar-refractivity contribution in [2.45, 2.75) is 25.6 Å². The maximum atomic E-state index is 11.3. The summed E-state index contributed by atoms with van der Waals surface area (Å²) < 4.78 is 37.5. The van der Waals surface area contributed by atoms with Crippen molar-refractivity contribution in [3.63, 3.8) is 0 Å². The van der Waals surface area contributed by atoms with Crippen LogP contribution >= 0.6 is 0 Å². The summed E-state index contributed by atoms with van der Waals surface area (Å²) in [5.41, 5.74) is 0. The van der Waals surface area contributed by atoms with E-state index in [0.717, 1.165) is 12.8 Å². The van der Waals surface area contributed by atoms with Crippen LogP contribution in [0.25, 0.3) is 0 Å². The first-order valence-corrected chi connectivity index (χ1v) is 3.28. The second-order valence-electron chi connectivity index (χ2n) is 2.53. The Labute approximate surface area is 57.2 Å². The fraction of sp³-hybridized carbons (Fsp3) is 1.00. The van der Waals surface area contributed by atoms with Gasteiger partial charge >= 0.3 is 6.36 Å². The zero-order valence-electron chi connectivity index (χ0n) is 5.45. The van der Waals surface area contributed by atoms with Crippen LogP contribution in [0.3, 0.4) is 0 Å². The van der Waals surface area contributed by atoms with E-state index in [1.54, 1.807) is 0 Å². The molecule has 1 aliphatic rings. The van der Waals surface area contributed by atoms with E-state index >= 15 is 0 Å². The predicted octanol–water partition coefficient (Wildman–Crippen LogP) is 2.32. The summed E-state index contributed by atoms with van der Waals surface area (Å²) in [6, 6.07) is 0. The molecule has 1 nitrogen and oxygen atoms in total. The molecule has 0 amide bonds. The van der Waals surface area contributed by atoms with Crippen LogP contribution in [-0.2, 0) is 4.74 Å². The minimum atomic E-state index is -4.44. The summed E-state index contributed by atoms with van der Waals surface area (Å²) in [7, 11) is 0. The maximum absolute atomic E-state index is 11.3. The molecular formula is C6H9F3O. The molecule has 0 aromatic rings. The van der Waals surface area contributed by atoms with Gasteiger partial charge < -0.3 is 0 Å². The summed E-state index contributed by atoms with van der Waals surface area (Å²) in [6.07, 6.45) is -1.74. The number of hydrogen-bond acceptors (Lipinski definition) is 1. The zero-order chi connectivity index (χ0) is 7.61. The molecule has 0 saturated heterocycles. The van der Waals surface area contributed by atoms with Gasteiger partial charge in [-0.15, -0.1) is 13.2 Å². The number of alkyl halides is 3. The fourth-order valence-corrected chi connectivity index (χ4v) is 0.748. The average molecular weight is 154 g/mol. The Balaban J connectivity index is 1.93. The van der Waals surface area contributed by atoms with Crippen molar-refractivity contribution in [1.29, 1.82) is 0 Å². The summed E-state index contributed by atoms with van der Waals surface area (Å²) >= 11 is 0. The molecule has 1 rings (SSSR count). The summed E-state index contributed by atoms with van der Waals surface area (Å²) in [6.45, 7) is -0.172. The first-order valence-electron chi connectivity index (χ1n) is 3.28. The van der Waals surface area contributed by atoms with Gasteiger partial charge in [-0.25, -0.2) is 0 Å². The third-order valence-electron chi connectivity index (χ3n) is 1.49. The number of ether oxygens (including phenoxy) is 1. The van der Waals surface area contributed by atoms with Crippen LogP contribution in [0.1, 0.15) is 19.3 Å². The molecular weight excluding hydrogens is 145 g/mol. The summed E-state index contributed by atoms with van der Waals surface area (Å²) in [5.74, 6) is 0.502. The second kappa shape index (κ2) is 2.78. The SMILES string of the molecule is FC(F)(F)OCCC1CC1. The quantitative estimate of drug-likeness (QED) is 0.606. The first-order chi connectivity index (χ1) is 4.58. The van der Waals surface area contributed by atoms with Crippen molar-refractivity contribution in [2.75, 3.05) is 6.61 Å². The molecule has 0 heterocycles. The Kier molecular flexibility index (Phi) is 2.18. The lowest BCUT2D eigenvalue weighted by atomic mass is 10.3. The average Bonchev–Trinajstić information content (AvgIpc) is 2.45. The Morgan fingerprint density at radius 1 is 1.30 bits per heavy atom. The van der Waals surface area contributed by atoms with E-state index in [2.05, 4.69) is 4.74 Å². The molecule has 0 radical (unpaired) electrons. The largest absolute Gasteiger partial charge is 0.522 e. The Hall–Kier alpha value is -0.250. The van der Waals surface area contributed by atoms with E-state index in [1.165, 1.54) is 0 Å². The van der Waals surface area contributed by atoms with E-state index < -0.39 is 6.36 Å². The van der Waals surface area contributed by atoms with Crippen LogP contribution in [0.5, 0.6) is 0 Å². The molecule has 0 atom stereocenters. The predicted molar refractivity (Wildman–Crippen MR) is 29.3 cm³/mol. The van der Waals surface area contributed by atoms with Gasteiger partial charge in [0.2, 0.25) is 0 Å². The number of rotatable bonds is 3. The van der Waals surface area contributed by atoms with E-state index in [0.29, 0.717) is 12.3 Å². The minimum Gasteiger partial charge on any atom is -0.292 e. The molecule has 0 aliphatic heterocycles. The Morgan fingerprint density at radius 2 is 1.90 bits per heavy atom. The second-order valence-corrected chi connectivity index (χ2v) is 2.53. The topological polar surface area (TPSA) is 9.23 Å². The summed E-state index contributed by atoms with van der Waals surface area (Å²) in [5, 5.41) is 0. The van der Waals surface area contributed by atoms with Crippen LogP contribution in [-0.4, -0.2) is 13.0 Å². The third kappa shape index (κ3) is 3.71. The van der Waals surface area contributed by atoms with Crippen LogP contribution in [0.4, 0.5) is 13.2 Å². The molecule has 1 saturated carbocycles. The maximum Gasteiger partial charge on any atom is 0.522 e. The summed E-state index contributed by atoms with van der Waals surface area (Å²) in [4.78, 5) is 0. The highest BCUT2D eigenvalue weighted by Gasteiger charge is 2.30. The highest BCUT2D eigenvalue weighted by molar-refractivity contribution is 4.72. The highest BCUT2D eigenvalue weighted by Crippen LogP contribution is 2.32. The molecule has 4 heteroatoms. The number of hydrogen-bond donors (Lipinski definition) is 0. The van der Waals surface area contributed by atoms with E-state index in [-0.39, 0.29) is 6.61 Å². The standard InChI is InChI=1S/C6H9F3O/c7-6(8,9)10-4-3-5-1-2-5/h5H,1-4H2. The van der Waals surface area contributed by atoms with Gasteiger partial charge in [-0.05, 0) is 12.3 Å². The molecule has 0 N–H and O–H groups in total. The molecule has 1 aliphatic carbocycles. The van der Waals surface area contributed by atoms with Crippen molar-refractivity contribution in [3.05, 3.63) is 0 Å². The van der Waals surface area contributed by atoms with Gasteiger partial charge in [0, 0.05) is 0 Å². The van der Waals surface area contributed by atoms with Gasteiger partial charge in [-0.1, -0.05) is 12.8 Å². The van der Waals surface area contributed by atoms with Crippen molar-refractivity contribution in [2.24, 2.45) is 5.92 Å². The van der Waals surface area contributed by atoms with Crippen LogP contribution in [0.2, 0.25) is 0 Å². The van der Waals surface area contributed by atoms with Crippen molar-refractivity contribution < 1.29 is 17.9 Å². The molecule has 60 valence electrons. The molecule has 0 aromatic heterocycles. The highest BCUT2D eigenvalue weighted by atomic mass is 19.4. The Bertz CT molecular complexity index is 106. The van der Waals surface area contributed by atoms with Crippen LogP contribution in [0.15, 0.2) is 0 Å². The number of halogens is 3. The van der Waals surface area contributed by atoms with Gasteiger partial charge in [0.25, 0.3) is 0 Å². The van der Waals surface area contributed by atoms with Crippen molar-refractivity contribution >= 4 is 0 Å². The minimum absolute atomic E-state index is 0.172. The molecule has 0 spiro atoms. The Morgan fingerprint density at radius 3 is 2.30 bits per heavy atom. The zero-order valence-corrected chi connectivity index (χ0v) is 5.45. The normalized spacial score (nSPS) is 19.5. The molecule has 0 unspecified atom stereocenters. The molecule has 0 aromatic carbocycles. The van der Waals surface area contributed by atoms with Crippen LogP contribution < -0.4 is 0 Å². The lowest BCUT2D eigenvalue weighted by Crippen LogP contribution is -2.14. The van der Waals surface area contributed by atoms with E-state index in [4.69, 9.17) is 0 Å². The fourth-order valence-electron chi connectivity index (χ4n) is 0.748. The monoisotopic (exact) mass is 154 g/mol. The lowest BCUT2D eigenvalue weighted by Gasteiger charge is -2.05. The first kappa shape index (κ1) is 7.85. The van der Waals surface area contributed by atoms with Gasteiger partial charge in [-0.3, -0.25) is 4.74 Å². The molecule has 10 heavy (non-hydrogen) atoms. The smallest absolute Gasteiger partial charge is 0.292 e. The molecule has 1 fully saturated rings. The van der Waals surface area contributed by atoms with Gasteiger partial charge in [0.05, 0.1) is 6.61 Å². The van der Waals surface area contributed by atoms with Crippen molar-refractivity contribution in [3.8, 4) is 0 Å². The van der Waals surface area contributed by atoms with Gasteiger partial charge in [0.15, 0.2) is 0 Å². The third-order valence-corrected chi connectivity index (χ3v) is 1.49. The van der Waals surface area contributed by atoms with Crippen molar-refractivity contribution in [1.82, 2.24) is 0 Å². The lowest BCUT2D eigenvalue weighted by molar-refractivity contribution is -0.324. The molecule has 0 bridgehead atoms. The van der Waals surface area contributed by atoms with E-state index in [1.807, 2.05) is 0 Å². The van der Waals surface area contributed by atoms with Crippen LogP contribution in [0, 0.1) is 5.92 Å².